The van der Waals surface area contributed by atoms with Crippen LogP contribution in [-0.2, 0) is 6.54 Å². The zero-order valence-corrected chi connectivity index (χ0v) is 12.2. The molecule has 0 aliphatic heterocycles. The highest BCUT2D eigenvalue weighted by Crippen LogP contribution is 2.24. The van der Waals surface area contributed by atoms with E-state index in [9.17, 15) is 4.39 Å². The van der Waals surface area contributed by atoms with Crippen LogP contribution in [0.2, 0.25) is 5.02 Å². The first-order chi connectivity index (χ1) is 9.15. The molecule has 0 aliphatic carbocycles. The molecule has 0 saturated carbocycles. The normalized spacial score (nSPS) is 10.7. The van der Waals surface area contributed by atoms with Crippen molar-refractivity contribution in [1.82, 2.24) is 5.32 Å². The fraction of sp³-hybridized carbons (Fsp3) is 0.286. The number of rotatable bonds is 6. The van der Waals surface area contributed by atoms with Crippen LogP contribution in [0.15, 0.2) is 30.3 Å². The first-order valence-electron chi connectivity index (χ1n) is 5.99. The minimum Gasteiger partial charge on any atom is -0.491 e. The summed E-state index contributed by atoms with van der Waals surface area (Å²) in [5, 5.41) is 3.58. The number of ether oxygens (including phenoxy) is 1. The first-order valence-corrected chi connectivity index (χ1v) is 7.18. The van der Waals surface area contributed by atoms with Crippen LogP contribution in [0.5, 0.6) is 5.75 Å². The number of benzene rings is 1. The van der Waals surface area contributed by atoms with Gasteiger partial charge in [-0.05, 0) is 37.3 Å². The van der Waals surface area contributed by atoms with Gasteiger partial charge in [0.1, 0.15) is 18.2 Å². The zero-order chi connectivity index (χ0) is 13.7. The van der Waals surface area contributed by atoms with Crippen molar-refractivity contribution >= 4 is 22.9 Å². The predicted molar refractivity (Wildman–Crippen MR) is 77.7 cm³/mol. The van der Waals surface area contributed by atoms with Crippen LogP contribution in [-0.4, -0.2) is 13.2 Å². The van der Waals surface area contributed by atoms with Gasteiger partial charge in [-0.2, -0.15) is 0 Å². The van der Waals surface area contributed by atoms with E-state index >= 15 is 0 Å². The molecule has 2 aromatic rings. The first kappa shape index (κ1) is 14.3. The molecule has 0 aliphatic rings. The summed E-state index contributed by atoms with van der Waals surface area (Å²) in [6.07, 6.45) is 0. The van der Waals surface area contributed by atoms with E-state index in [2.05, 4.69) is 24.4 Å². The summed E-state index contributed by atoms with van der Waals surface area (Å²) in [7, 11) is 0. The van der Waals surface area contributed by atoms with Crippen LogP contribution in [0.3, 0.4) is 0 Å². The lowest BCUT2D eigenvalue weighted by Crippen LogP contribution is -2.20. The van der Waals surface area contributed by atoms with Crippen LogP contribution in [0.25, 0.3) is 0 Å². The Morgan fingerprint density at radius 1 is 1.32 bits per heavy atom. The van der Waals surface area contributed by atoms with Crippen molar-refractivity contribution in [1.29, 1.82) is 0 Å². The Balaban J connectivity index is 1.69. The van der Waals surface area contributed by atoms with Gasteiger partial charge in [-0.1, -0.05) is 11.6 Å². The van der Waals surface area contributed by atoms with E-state index in [4.69, 9.17) is 16.3 Å². The molecule has 0 bridgehead atoms. The minimum absolute atomic E-state index is 0.300. The van der Waals surface area contributed by atoms with Gasteiger partial charge >= 0.3 is 0 Å². The summed E-state index contributed by atoms with van der Waals surface area (Å²) in [5.41, 5.74) is 0. The molecule has 0 unspecified atom stereocenters. The monoisotopic (exact) mass is 299 g/mol. The maximum Gasteiger partial charge on any atom is 0.138 e. The lowest BCUT2D eigenvalue weighted by atomic mass is 10.3. The Hall–Kier alpha value is -1.10. The molecule has 1 heterocycles. The van der Waals surface area contributed by atoms with Gasteiger partial charge in [-0.15, -0.1) is 11.3 Å². The minimum atomic E-state index is -0.358. The number of hydrogen-bond acceptors (Lipinski definition) is 3. The van der Waals surface area contributed by atoms with Crippen LogP contribution >= 0.6 is 22.9 Å². The third-order valence-electron chi connectivity index (χ3n) is 2.53. The summed E-state index contributed by atoms with van der Waals surface area (Å²) < 4.78 is 18.3. The highest BCUT2D eigenvalue weighted by Gasteiger charge is 2.02. The van der Waals surface area contributed by atoms with Gasteiger partial charge in [-0.25, -0.2) is 4.39 Å². The fourth-order valence-corrected chi connectivity index (χ4v) is 2.70. The van der Waals surface area contributed by atoms with E-state index in [1.165, 1.54) is 21.9 Å². The molecular formula is C14H15ClFNOS. The third kappa shape index (κ3) is 4.49. The molecule has 0 amide bonds. The lowest BCUT2D eigenvalue weighted by molar-refractivity contribution is 0.313. The average Bonchev–Trinajstić information content (AvgIpc) is 2.77. The largest absolute Gasteiger partial charge is 0.491 e. The maximum atomic E-state index is 12.8. The molecule has 2 nitrogen and oxygen atoms in total. The standard InChI is InChI=1S/C14H15ClFNOS/c1-10-2-4-12(19-10)9-17-6-7-18-14-5-3-11(16)8-13(14)15/h2-5,8,17H,6-7,9H2,1H3. The third-order valence-corrected chi connectivity index (χ3v) is 3.82. The Morgan fingerprint density at radius 2 is 2.16 bits per heavy atom. The van der Waals surface area contributed by atoms with Crippen molar-refractivity contribution < 1.29 is 9.13 Å². The molecule has 0 saturated heterocycles. The summed E-state index contributed by atoms with van der Waals surface area (Å²) in [6, 6.07) is 8.35. The van der Waals surface area contributed by atoms with Crippen molar-refractivity contribution in [3.05, 3.63) is 50.9 Å². The quantitative estimate of drug-likeness (QED) is 0.814. The average molecular weight is 300 g/mol. The number of nitrogens with one attached hydrogen (secondary N) is 1. The molecule has 5 heteroatoms. The predicted octanol–water partition coefficient (Wildman–Crippen LogP) is 4.02. The van der Waals surface area contributed by atoms with Crippen molar-refractivity contribution in [2.45, 2.75) is 13.5 Å². The van der Waals surface area contributed by atoms with Gasteiger partial charge in [-0.3, -0.25) is 0 Å². The van der Waals surface area contributed by atoms with Gasteiger partial charge in [0.2, 0.25) is 0 Å². The topological polar surface area (TPSA) is 21.3 Å². The van der Waals surface area contributed by atoms with E-state index in [1.807, 2.05) is 0 Å². The van der Waals surface area contributed by atoms with Crippen molar-refractivity contribution in [2.75, 3.05) is 13.2 Å². The molecule has 0 radical (unpaired) electrons. The van der Waals surface area contributed by atoms with Crippen molar-refractivity contribution in [3.63, 3.8) is 0 Å². The summed E-state index contributed by atoms with van der Waals surface area (Å²) in [5.74, 6) is 0.153. The summed E-state index contributed by atoms with van der Waals surface area (Å²) in [4.78, 5) is 2.61. The second kappa shape index (κ2) is 6.89. The Morgan fingerprint density at radius 3 is 2.84 bits per heavy atom. The maximum absolute atomic E-state index is 12.8. The summed E-state index contributed by atoms with van der Waals surface area (Å²) in [6.45, 7) is 4.13. The van der Waals surface area contributed by atoms with E-state index < -0.39 is 0 Å². The van der Waals surface area contributed by atoms with E-state index in [1.54, 1.807) is 17.4 Å². The van der Waals surface area contributed by atoms with Crippen LogP contribution < -0.4 is 10.1 Å². The molecule has 0 fully saturated rings. The zero-order valence-electron chi connectivity index (χ0n) is 10.6. The Labute approximate surface area is 121 Å². The molecule has 0 spiro atoms. The van der Waals surface area contributed by atoms with Gasteiger partial charge < -0.3 is 10.1 Å². The molecule has 1 N–H and O–H groups in total. The molecular weight excluding hydrogens is 285 g/mol. The SMILES string of the molecule is Cc1ccc(CNCCOc2ccc(F)cc2Cl)s1. The highest BCUT2D eigenvalue weighted by atomic mass is 35.5. The molecule has 1 aromatic heterocycles. The Bertz CT molecular complexity index is 544. The van der Waals surface area contributed by atoms with Gasteiger partial charge in [0, 0.05) is 22.8 Å². The van der Waals surface area contributed by atoms with Crippen LogP contribution in [0.1, 0.15) is 9.75 Å². The second-order valence-electron chi connectivity index (χ2n) is 4.11. The number of halogens is 2. The van der Waals surface area contributed by atoms with Crippen LogP contribution in [0.4, 0.5) is 4.39 Å². The lowest BCUT2D eigenvalue weighted by Gasteiger charge is -2.08. The van der Waals surface area contributed by atoms with E-state index in [0.29, 0.717) is 23.9 Å². The molecule has 0 atom stereocenters. The highest BCUT2D eigenvalue weighted by molar-refractivity contribution is 7.11. The van der Waals surface area contributed by atoms with Gasteiger partial charge in [0.25, 0.3) is 0 Å². The Kier molecular flexibility index (Phi) is 5.19. The molecule has 2 rings (SSSR count). The smallest absolute Gasteiger partial charge is 0.138 e. The molecule has 102 valence electrons. The van der Waals surface area contributed by atoms with Crippen molar-refractivity contribution in [2.24, 2.45) is 0 Å². The molecule has 19 heavy (non-hydrogen) atoms. The fourth-order valence-electron chi connectivity index (χ4n) is 1.62. The molecule has 1 aromatic carbocycles. The second-order valence-corrected chi connectivity index (χ2v) is 5.89. The number of hydrogen-bond donors (Lipinski definition) is 1. The van der Waals surface area contributed by atoms with Gasteiger partial charge in [0.05, 0.1) is 5.02 Å². The summed E-state index contributed by atoms with van der Waals surface area (Å²) >= 11 is 7.64. The number of aryl methyl sites for hydroxylation is 1. The van der Waals surface area contributed by atoms with Crippen LogP contribution in [0, 0.1) is 12.7 Å². The van der Waals surface area contributed by atoms with E-state index in [-0.39, 0.29) is 5.82 Å². The van der Waals surface area contributed by atoms with E-state index in [0.717, 1.165) is 6.54 Å². The number of thiophene rings is 1. The van der Waals surface area contributed by atoms with Gasteiger partial charge in [0.15, 0.2) is 0 Å². The van der Waals surface area contributed by atoms with Crippen molar-refractivity contribution in [3.8, 4) is 5.75 Å².